The summed E-state index contributed by atoms with van der Waals surface area (Å²) in [6, 6.07) is 24.3. The molecular formula is C35H43N3O3. The Labute approximate surface area is 244 Å². The van der Waals surface area contributed by atoms with Crippen molar-refractivity contribution in [3.63, 3.8) is 0 Å². The Hall–Kier alpha value is -3.90. The predicted octanol–water partition coefficient (Wildman–Crippen LogP) is 6.52. The number of rotatable bonds is 12. The van der Waals surface area contributed by atoms with Crippen LogP contribution in [-0.2, 0) is 27.9 Å². The lowest BCUT2D eigenvalue weighted by molar-refractivity contribution is -0.132. The molecule has 0 unspecified atom stereocenters. The lowest BCUT2D eigenvalue weighted by Crippen LogP contribution is -2.44. The largest absolute Gasteiger partial charge is 0.385 e. The van der Waals surface area contributed by atoms with E-state index in [4.69, 9.17) is 4.74 Å². The molecule has 1 aromatic heterocycles. The summed E-state index contributed by atoms with van der Waals surface area (Å²) in [6.07, 6.45) is 3.40. The molecule has 41 heavy (non-hydrogen) atoms. The highest BCUT2D eigenvalue weighted by molar-refractivity contribution is 5.97. The number of nitrogens with one attached hydrogen (secondary N) is 1. The number of benzene rings is 3. The molecule has 0 aliphatic heterocycles. The lowest BCUT2D eigenvalue weighted by Gasteiger charge is -2.28. The van der Waals surface area contributed by atoms with Gasteiger partial charge in [0.15, 0.2) is 0 Å². The van der Waals surface area contributed by atoms with Gasteiger partial charge in [-0.1, -0.05) is 81.4 Å². The summed E-state index contributed by atoms with van der Waals surface area (Å²) in [5.41, 5.74) is 6.17. The molecule has 0 aliphatic carbocycles. The summed E-state index contributed by atoms with van der Waals surface area (Å²) in [7, 11) is 1.65. The monoisotopic (exact) mass is 553 g/mol. The SMILES string of the molecule is COCCCN(CC(=O)N(CCc1c[nH]c2ccccc12)Cc1ccc(C(C)(C)C)cc1)C(=O)c1ccccc1C. The van der Waals surface area contributed by atoms with E-state index >= 15 is 0 Å². The number of carbonyl (C=O) groups is 2. The number of amides is 2. The van der Waals surface area contributed by atoms with Crippen molar-refractivity contribution < 1.29 is 14.3 Å². The average molecular weight is 554 g/mol. The second-order valence-electron chi connectivity index (χ2n) is 11.8. The van der Waals surface area contributed by atoms with E-state index in [2.05, 4.69) is 62.2 Å². The van der Waals surface area contributed by atoms with Crippen molar-refractivity contribution in [3.05, 3.63) is 107 Å². The zero-order valence-electron chi connectivity index (χ0n) is 25.1. The van der Waals surface area contributed by atoms with Crippen LogP contribution in [0.4, 0.5) is 0 Å². The van der Waals surface area contributed by atoms with E-state index in [1.165, 1.54) is 16.5 Å². The predicted molar refractivity (Wildman–Crippen MR) is 166 cm³/mol. The molecule has 0 bridgehead atoms. The van der Waals surface area contributed by atoms with E-state index < -0.39 is 0 Å². The zero-order valence-corrected chi connectivity index (χ0v) is 25.1. The minimum Gasteiger partial charge on any atom is -0.385 e. The third-order valence-corrected chi connectivity index (χ3v) is 7.64. The van der Waals surface area contributed by atoms with Crippen LogP contribution in [0.1, 0.15) is 59.8 Å². The Kier molecular flexibility index (Phi) is 10.0. The molecule has 1 heterocycles. The maximum Gasteiger partial charge on any atom is 0.254 e. The van der Waals surface area contributed by atoms with Crippen LogP contribution < -0.4 is 0 Å². The number of aryl methyl sites for hydroxylation is 1. The molecule has 0 radical (unpaired) electrons. The fourth-order valence-corrected chi connectivity index (χ4v) is 5.11. The van der Waals surface area contributed by atoms with Crippen LogP contribution in [0, 0.1) is 6.92 Å². The lowest BCUT2D eigenvalue weighted by atomic mass is 9.87. The first kappa shape index (κ1) is 30.1. The number of hydrogen-bond donors (Lipinski definition) is 1. The van der Waals surface area contributed by atoms with Crippen molar-refractivity contribution in [2.75, 3.05) is 33.4 Å². The topological polar surface area (TPSA) is 65.6 Å². The Morgan fingerprint density at radius 1 is 0.878 bits per heavy atom. The number of para-hydroxylation sites is 1. The van der Waals surface area contributed by atoms with Gasteiger partial charge >= 0.3 is 0 Å². The van der Waals surface area contributed by atoms with Crippen molar-refractivity contribution in [2.45, 2.75) is 52.5 Å². The minimum absolute atomic E-state index is 0.0187. The third kappa shape index (κ3) is 7.86. The van der Waals surface area contributed by atoms with Gasteiger partial charge in [-0.25, -0.2) is 0 Å². The fourth-order valence-electron chi connectivity index (χ4n) is 5.11. The number of carbonyl (C=O) groups excluding carboxylic acids is 2. The molecule has 4 aromatic rings. The molecule has 4 rings (SSSR count). The van der Waals surface area contributed by atoms with Crippen LogP contribution in [0.2, 0.25) is 0 Å². The second-order valence-corrected chi connectivity index (χ2v) is 11.8. The molecule has 2 amide bonds. The van der Waals surface area contributed by atoms with E-state index in [0.29, 0.717) is 44.6 Å². The van der Waals surface area contributed by atoms with Crippen molar-refractivity contribution in [2.24, 2.45) is 0 Å². The van der Waals surface area contributed by atoms with Gasteiger partial charge in [0.1, 0.15) is 6.54 Å². The van der Waals surface area contributed by atoms with Crippen LogP contribution in [0.15, 0.2) is 79.0 Å². The summed E-state index contributed by atoms with van der Waals surface area (Å²) in [4.78, 5) is 34.5. The number of ether oxygens (including phenoxy) is 1. The quantitative estimate of drug-likeness (QED) is 0.203. The average Bonchev–Trinajstić information content (AvgIpc) is 3.37. The summed E-state index contributed by atoms with van der Waals surface area (Å²) >= 11 is 0. The van der Waals surface area contributed by atoms with Gasteiger partial charge in [0.2, 0.25) is 5.91 Å². The molecule has 6 nitrogen and oxygen atoms in total. The van der Waals surface area contributed by atoms with Gasteiger partial charge in [0.05, 0.1) is 0 Å². The Morgan fingerprint density at radius 3 is 2.29 bits per heavy atom. The second kappa shape index (κ2) is 13.6. The van der Waals surface area contributed by atoms with Gasteiger partial charge in [0, 0.05) is 56.0 Å². The smallest absolute Gasteiger partial charge is 0.254 e. The molecular weight excluding hydrogens is 510 g/mol. The summed E-state index contributed by atoms with van der Waals surface area (Å²) in [6.45, 7) is 10.5. The van der Waals surface area contributed by atoms with E-state index in [1.54, 1.807) is 12.0 Å². The van der Waals surface area contributed by atoms with Crippen molar-refractivity contribution in [1.82, 2.24) is 14.8 Å². The molecule has 216 valence electrons. The van der Waals surface area contributed by atoms with E-state index in [1.807, 2.05) is 54.4 Å². The molecule has 1 N–H and O–H groups in total. The molecule has 0 fully saturated rings. The van der Waals surface area contributed by atoms with Gasteiger partial charge < -0.3 is 19.5 Å². The number of aromatic nitrogens is 1. The highest BCUT2D eigenvalue weighted by Crippen LogP contribution is 2.23. The van der Waals surface area contributed by atoms with Crippen molar-refractivity contribution in [1.29, 1.82) is 0 Å². The maximum absolute atomic E-state index is 14.0. The summed E-state index contributed by atoms with van der Waals surface area (Å²) in [5, 5.41) is 1.17. The normalized spacial score (nSPS) is 11.5. The fraction of sp³-hybridized carbons (Fsp3) is 0.371. The van der Waals surface area contributed by atoms with Crippen LogP contribution in [-0.4, -0.2) is 59.9 Å². The molecule has 0 saturated carbocycles. The van der Waals surface area contributed by atoms with Gasteiger partial charge in [0.25, 0.3) is 5.91 Å². The molecule has 0 aliphatic rings. The van der Waals surface area contributed by atoms with Gasteiger partial charge in [-0.05, 0) is 59.6 Å². The van der Waals surface area contributed by atoms with E-state index in [-0.39, 0.29) is 23.8 Å². The van der Waals surface area contributed by atoms with Crippen molar-refractivity contribution in [3.8, 4) is 0 Å². The zero-order chi connectivity index (χ0) is 29.4. The van der Waals surface area contributed by atoms with E-state index in [0.717, 1.165) is 16.6 Å². The van der Waals surface area contributed by atoms with E-state index in [9.17, 15) is 9.59 Å². The molecule has 0 atom stereocenters. The highest BCUT2D eigenvalue weighted by Gasteiger charge is 2.24. The first-order chi connectivity index (χ1) is 19.7. The Balaban J connectivity index is 1.57. The molecule has 3 aromatic carbocycles. The minimum atomic E-state index is -0.126. The summed E-state index contributed by atoms with van der Waals surface area (Å²) in [5.74, 6) is -0.192. The van der Waals surface area contributed by atoms with Gasteiger partial charge in [-0.2, -0.15) is 0 Å². The van der Waals surface area contributed by atoms with Crippen molar-refractivity contribution >= 4 is 22.7 Å². The number of methoxy groups -OCH3 is 1. The van der Waals surface area contributed by atoms with Crippen LogP contribution >= 0.6 is 0 Å². The van der Waals surface area contributed by atoms with Crippen LogP contribution in [0.3, 0.4) is 0 Å². The maximum atomic E-state index is 14.0. The highest BCUT2D eigenvalue weighted by atomic mass is 16.5. The molecule has 0 spiro atoms. The Morgan fingerprint density at radius 2 is 1.59 bits per heavy atom. The van der Waals surface area contributed by atoms with Gasteiger partial charge in [-0.15, -0.1) is 0 Å². The molecule has 6 heteroatoms. The first-order valence-electron chi connectivity index (χ1n) is 14.4. The standard InChI is InChI=1S/C35H43N3O3/c1-26-11-6-7-12-30(26)34(40)38(20-10-22-41-5)25-33(39)37(24-27-15-17-29(18-16-27)35(2,3)4)21-19-28-23-36-32-14-9-8-13-31(28)32/h6-9,11-18,23,36H,10,19-22,24-25H2,1-5H3. The number of nitrogens with zero attached hydrogens (tertiary/aromatic N) is 2. The third-order valence-electron chi connectivity index (χ3n) is 7.64. The number of H-pyrrole nitrogens is 1. The van der Waals surface area contributed by atoms with Crippen LogP contribution in [0.25, 0.3) is 10.9 Å². The Bertz CT molecular complexity index is 1450. The molecule has 0 saturated heterocycles. The first-order valence-corrected chi connectivity index (χ1v) is 14.4. The van der Waals surface area contributed by atoms with Gasteiger partial charge in [-0.3, -0.25) is 9.59 Å². The van der Waals surface area contributed by atoms with Crippen LogP contribution in [0.5, 0.6) is 0 Å². The summed E-state index contributed by atoms with van der Waals surface area (Å²) < 4.78 is 5.25. The number of fused-ring (bicyclic) bond motifs is 1. The number of aromatic amines is 1. The number of hydrogen-bond acceptors (Lipinski definition) is 3.